The Morgan fingerprint density at radius 2 is 2.12 bits per heavy atom. The second-order valence-corrected chi connectivity index (χ2v) is 4.94. The van der Waals surface area contributed by atoms with Gasteiger partial charge in [-0.05, 0) is 12.8 Å². The Labute approximate surface area is 100 Å². The van der Waals surface area contributed by atoms with Crippen molar-refractivity contribution in [3.63, 3.8) is 0 Å². The number of hydrogen-bond donors (Lipinski definition) is 0. The van der Waals surface area contributed by atoms with Crippen LogP contribution in [-0.2, 0) is 4.74 Å². The third kappa shape index (κ3) is 2.72. The summed E-state index contributed by atoms with van der Waals surface area (Å²) in [6.07, 6.45) is 0. The quantitative estimate of drug-likeness (QED) is 0.760. The number of esters is 1. The minimum absolute atomic E-state index is 0.380. The van der Waals surface area contributed by atoms with Gasteiger partial charge in [-0.15, -0.1) is 11.3 Å². The maximum atomic E-state index is 11.3. The minimum atomic E-state index is -0.381. The van der Waals surface area contributed by atoms with Gasteiger partial charge in [0.15, 0.2) is 10.8 Å². The summed E-state index contributed by atoms with van der Waals surface area (Å²) < 4.78 is 4.62. The fourth-order valence-corrected chi connectivity index (χ4v) is 2.10. The van der Waals surface area contributed by atoms with Gasteiger partial charge in [0.05, 0.1) is 7.11 Å². The first-order valence-corrected chi connectivity index (χ1v) is 6.12. The van der Waals surface area contributed by atoms with E-state index < -0.39 is 0 Å². The molecule has 90 valence electrons. The lowest BCUT2D eigenvalue weighted by Crippen LogP contribution is -2.33. The fourth-order valence-electron chi connectivity index (χ4n) is 1.25. The summed E-state index contributed by atoms with van der Waals surface area (Å²) in [5, 5.41) is 2.58. The molecular formula is C11H18N2O2S. The lowest BCUT2D eigenvalue weighted by molar-refractivity contribution is 0.0595. The van der Waals surface area contributed by atoms with E-state index in [0.29, 0.717) is 17.7 Å². The van der Waals surface area contributed by atoms with Gasteiger partial charge in [-0.3, -0.25) is 0 Å². The van der Waals surface area contributed by atoms with Gasteiger partial charge in [-0.2, -0.15) is 0 Å². The smallest absolute Gasteiger partial charge is 0.357 e. The Balaban J connectivity index is 2.81. The second kappa shape index (κ2) is 5.30. The van der Waals surface area contributed by atoms with Crippen LogP contribution in [0.4, 0.5) is 5.13 Å². The van der Waals surface area contributed by atoms with E-state index in [1.807, 2.05) is 7.05 Å². The summed E-state index contributed by atoms with van der Waals surface area (Å²) >= 11 is 1.46. The van der Waals surface area contributed by atoms with Crippen LogP contribution in [0, 0.1) is 5.92 Å². The van der Waals surface area contributed by atoms with Crippen LogP contribution in [0.1, 0.15) is 31.3 Å². The average Bonchev–Trinajstić information content (AvgIpc) is 2.75. The van der Waals surface area contributed by atoms with Crippen LogP contribution in [0.25, 0.3) is 0 Å². The molecule has 0 aromatic carbocycles. The van der Waals surface area contributed by atoms with Crippen molar-refractivity contribution >= 4 is 22.4 Å². The van der Waals surface area contributed by atoms with Crippen LogP contribution < -0.4 is 4.90 Å². The largest absolute Gasteiger partial charge is 0.464 e. The van der Waals surface area contributed by atoms with Crippen LogP contribution in [0.5, 0.6) is 0 Å². The molecule has 0 N–H and O–H groups in total. The average molecular weight is 242 g/mol. The maximum Gasteiger partial charge on any atom is 0.357 e. The van der Waals surface area contributed by atoms with E-state index in [1.54, 1.807) is 5.38 Å². The molecule has 0 saturated carbocycles. The van der Waals surface area contributed by atoms with Crippen molar-refractivity contribution in [1.29, 1.82) is 0 Å². The molecular weight excluding hydrogens is 224 g/mol. The Morgan fingerprint density at radius 1 is 1.50 bits per heavy atom. The number of nitrogens with zero attached hydrogens (tertiary/aromatic N) is 2. The van der Waals surface area contributed by atoms with Gasteiger partial charge in [0.1, 0.15) is 0 Å². The molecule has 1 aromatic rings. The van der Waals surface area contributed by atoms with E-state index in [4.69, 9.17) is 0 Å². The third-order valence-corrected chi connectivity index (χ3v) is 3.70. The van der Waals surface area contributed by atoms with Gasteiger partial charge in [0, 0.05) is 18.5 Å². The number of hydrogen-bond acceptors (Lipinski definition) is 5. The number of thiazole rings is 1. The SMILES string of the molecule is COC(=O)c1csc(N(C)C(C)C(C)C)n1. The summed E-state index contributed by atoms with van der Waals surface area (Å²) in [7, 11) is 3.35. The molecule has 1 atom stereocenters. The lowest BCUT2D eigenvalue weighted by atomic mass is 10.1. The number of aromatic nitrogens is 1. The molecule has 16 heavy (non-hydrogen) atoms. The van der Waals surface area contributed by atoms with Crippen LogP contribution in [0.3, 0.4) is 0 Å². The summed E-state index contributed by atoms with van der Waals surface area (Å²) in [6, 6.07) is 0.386. The number of rotatable bonds is 4. The van der Waals surface area contributed by atoms with Crippen LogP contribution in [0.15, 0.2) is 5.38 Å². The number of carbonyl (C=O) groups excluding carboxylic acids is 1. The van der Waals surface area contributed by atoms with Crippen molar-refractivity contribution in [1.82, 2.24) is 4.98 Å². The van der Waals surface area contributed by atoms with Crippen LogP contribution in [-0.4, -0.2) is 31.2 Å². The Bertz CT molecular complexity index is 363. The zero-order valence-electron chi connectivity index (χ0n) is 10.4. The van der Waals surface area contributed by atoms with Crippen LogP contribution >= 0.6 is 11.3 Å². The van der Waals surface area contributed by atoms with Gasteiger partial charge in [0.25, 0.3) is 0 Å². The molecule has 0 saturated heterocycles. The molecule has 4 nitrogen and oxygen atoms in total. The second-order valence-electron chi connectivity index (χ2n) is 4.10. The monoisotopic (exact) mass is 242 g/mol. The molecule has 0 radical (unpaired) electrons. The van der Waals surface area contributed by atoms with E-state index in [0.717, 1.165) is 5.13 Å². The van der Waals surface area contributed by atoms with Crippen molar-refractivity contribution in [3.8, 4) is 0 Å². The zero-order chi connectivity index (χ0) is 12.3. The highest BCUT2D eigenvalue weighted by molar-refractivity contribution is 7.13. The molecule has 0 fully saturated rings. The highest BCUT2D eigenvalue weighted by atomic mass is 32.1. The van der Waals surface area contributed by atoms with E-state index >= 15 is 0 Å². The summed E-state index contributed by atoms with van der Waals surface area (Å²) in [4.78, 5) is 17.6. The summed E-state index contributed by atoms with van der Waals surface area (Å²) in [5.74, 6) is 0.156. The number of ether oxygens (including phenoxy) is 1. The molecule has 0 bridgehead atoms. The minimum Gasteiger partial charge on any atom is -0.464 e. The van der Waals surface area contributed by atoms with Gasteiger partial charge in [0.2, 0.25) is 0 Å². The van der Waals surface area contributed by atoms with E-state index in [2.05, 4.69) is 35.4 Å². The lowest BCUT2D eigenvalue weighted by Gasteiger charge is -2.27. The number of anilines is 1. The molecule has 1 aromatic heterocycles. The summed E-state index contributed by atoms with van der Waals surface area (Å²) in [6.45, 7) is 6.47. The highest BCUT2D eigenvalue weighted by Gasteiger charge is 2.18. The molecule has 0 spiro atoms. The van der Waals surface area contributed by atoms with Crippen molar-refractivity contribution in [2.24, 2.45) is 5.92 Å². The van der Waals surface area contributed by atoms with Gasteiger partial charge >= 0.3 is 5.97 Å². The van der Waals surface area contributed by atoms with E-state index in [-0.39, 0.29) is 5.97 Å². The van der Waals surface area contributed by atoms with Crippen molar-refractivity contribution in [2.75, 3.05) is 19.1 Å². The Morgan fingerprint density at radius 3 is 2.62 bits per heavy atom. The van der Waals surface area contributed by atoms with Crippen molar-refractivity contribution < 1.29 is 9.53 Å². The molecule has 0 aliphatic rings. The topological polar surface area (TPSA) is 42.4 Å². The van der Waals surface area contributed by atoms with Gasteiger partial charge in [-0.25, -0.2) is 9.78 Å². The number of methoxy groups -OCH3 is 1. The van der Waals surface area contributed by atoms with E-state index in [9.17, 15) is 4.79 Å². The van der Waals surface area contributed by atoms with Crippen LogP contribution in [0.2, 0.25) is 0 Å². The normalized spacial score (nSPS) is 12.6. The highest BCUT2D eigenvalue weighted by Crippen LogP contribution is 2.23. The molecule has 5 heteroatoms. The van der Waals surface area contributed by atoms with Gasteiger partial charge < -0.3 is 9.64 Å². The molecule has 0 amide bonds. The predicted molar refractivity (Wildman–Crippen MR) is 66.2 cm³/mol. The molecule has 1 heterocycles. The van der Waals surface area contributed by atoms with Crippen molar-refractivity contribution in [3.05, 3.63) is 11.1 Å². The van der Waals surface area contributed by atoms with Gasteiger partial charge in [-0.1, -0.05) is 13.8 Å². The first-order valence-electron chi connectivity index (χ1n) is 5.24. The standard InChI is InChI=1S/C11H18N2O2S/c1-7(2)8(3)13(4)11-12-9(6-16-11)10(14)15-5/h6-8H,1-5H3. The zero-order valence-corrected chi connectivity index (χ0v) is 11.2. The first kappa shape index (κ1) is 13.0. The molecule has 1 unspecified atom stereocenters. The summed E-state index contributed by atoms with van der Waals surface area (Å²) in [5.41, 5.74) is 0.380. The third-order valence-electron chi connectivity index (χ3n) is 2.76. The number of carbonyl (C=O) groups is 1. The first-order chi connectivity index (χ1) is 7.47. The Hall–Kier alpha value is -1.10. The van der Waals surface area contributed by atoms with E-state index in [1.165, 1.54) is 18.4 Å². The molecule has 0 aliphatic heterocycles. The molecule has 0 aliphatic carbocycles. The predicted octanol–water partition coefficient (Wildman–Crippen LogP) is 2.41. The maximum absolute atomic E-state index is 11.3. The van der Waals surface area contributed by atoms with Crippen molar-refractivity contribution in [2.45, 2.75) is 26.8 Å². The Kier molecular flexibility index (Phi) is 4.29. The fraction of sp³-hybridized carbons (Fsp3) is 0.636. The molecule has 1 rings (SSSR count).